The molecule has 132 valence electrons. The maximum atomic E-state index is 12.2. The minimum absolute atomic E-state index is 0.0597. The topological polar surface area (TPSA) is 92.2 Å². The van der Waals surface area contributed by atoms with Crippen LogP contribution in [0.25, 0.3) is 0 Å². The Kier molecular flexibility index (Phi) is 5.70. The number of thioether (sulfide) groups is 1. The van der Waals surface area contributed by atoms with Gasteiger partial charge in [0.1, 0.15) is 11.0 Å². The fraction of sp³-hybridized carbons (Fsp3) is 0.412. The molecule has 1 atom stereocenters. The maximum absolute atomic E-state index is 12.2. The molecule has 2 aliphatic rings. The van der Waals surface area contributed by atoms with E-state index in [0.29, 0.717) is 16.6 Å². The molecule has 0 spiro atoms. The van der Waals surface area contributed by atoms with Crippen molar-refractivity contribution in [1.82, 2.24) is 5.32 Å². The molecule has 1 aromatic rings. The minimum atomic E-state index is -0.503. The minimum Gasteiger partial charge on any atom is -0.495 e. The summed E-state index contributed by atoms with van der Waals surface area (Å²) < 4.78 is 5.20. The Balaban J connectivity index is 1.57. The van der Waals surface area contributed by atoms with Gasteiger partial charge in [0.2, 0.25) is 11.8 Å². The quantitative estimate of drug-likeness (QED) is 0.789. The SMILES string of the molecule is COc1ccccc1NC(=O)C[C@@H]1S/C(=N/N=C2CCCC2)NC1=O. The van der Waals surface area contributed by atoms with E-state index < -0.39 is 5.25 Å². The highest BCUT2D eigenvalue weighted by Gasteiger charge is 2.32. The number of nitrogens with one attached hydrogen (secondary N) is 2. The Hall–Kier alpha value is -2.35. The summed E-state index contributed by atoms with van der Waals surface area (Å²) in [5, 5.41) is 13.7. The normalized spacial score (nSPS) is 21.3. The highest BCUT2D eigenvalue weighted by atomic mass is 32.2. The average Bonchev–Trinajstić information content (AvgIpc) is 3.23. The predicted molar refractivity (Wildman–Crippen MR) is 99.1 cm³/mol. The van der Waals surface area contributed by atoms with Crippen molar-refractivity contribution in [2.75, 3.05) is 12.4 Å². The molecular weight excluding hydrogens is 340 g/mol. The first kappa shape index (κ1) is 17.5. The number of carbonyl (C=O) groups is 2. The fourth-order valence-electron chi connectivity index (χ4n) is 2.70. The van der Waals surface area contributed by atoms with E-state index in [1.165, 1.54) is 11.8 Å². The van der Waals surface area contributed by atoms with Crippen LogP contribution in [-0.4, -0.2) is 35.1 Å². The highest BCUT2D eigenvalue weighted by Crippen LogP contribution is 2.26. The van der Waals surface area contributed by atoms with Gasteiger partial charge in [-0.1, -0.05) is 23.9 Å². The summed E-state index contributed by atoms with van der Waals surface area (Å²) in [4.78, 5) is 24.3. The van der Waals surface area contributed by atoms with Crippen LogP contribution in [-0.2, 0) is 9.59 Å². The van der Waals surface area contributed by atoms with Gasteiger partial charge in [-0.05, 0) is 37.8 Å². The Bertz CT molecular complexity index is 724. The number of hydrogen-bond donors (Lipinski definition) is 2. The second-order valence-corrected chi connectivity index (χ2v) is 7.02. The Morgan fingerprint density at radius 3 is 2.84 bits per heavy atom. The van der Waals surface area contributed by atoms with Crippen LogP contribution in [0, 0.1) is 0 Å². The van der Waals surface area contributed by atoms with E-state index in [0.717, 1.165) is 31.4 Å². The molecule has 0 aromatic heterocycles. The van der Waals surface area contributed by atoms with Crippen molar-refractivity contribution in [3.05, 3.63) is 24.3 Å². The van der Waals surface area contributed by atoms with Gasteiger partial charge in [-0.3, -0.25) is 9.59 Å². The standard InChI is InChI=1S/C17H20N4O3S/c1-24-13-9-5-4-8-12(13)18-15(22)10-14-16(23)19-17(25-14)21-20-11-6-2-3-7-11/h4-5,8-9,14H,2-3,6-7,10H2,1H3,(H,18,22)(H,19,21,23)/t14-/m0/s1. The van der Waals surface area contributed by atoms with Crippen molar-refractivity contribution in [2.24, 2.45) is 10.2 Å². The second kappa shape index (κ2) is 8.15. The van der Waals surface area contributed by atoms with Gasteiger partial charge in [-0.25, -0.2) is 0 Å². The van der Waals surface area contributed by atoms with Gasteiger partial charge in [-0.15, -0.1) is 5.10 Å². The average molecular weight is 360 g/mol. The Morgan fingerprint density at radius 1 is 1.32 bits per heavy atom. The molecule has 1 aliphatic carbocycles. The van der Waals surface area contributed by atoms with Crippen LogP contribution in [0.4, 0.5) is 5.69 Å². The lowest BCUT2D eigenvalue weighted by Gasteiger charge is -2.10. The molecule has 1 heterocycles. The van der Waals surface area contributed by atoms with E-state index in [1.54, 1.807) is 19.2 Å². The van der Waals surface area contributed by atoms with Gasteiger partial charge in [0.25, 0.3) is 0 Å². The predicted octanol–water partition coefficient (Wildman–Crippen LogP) is 2.54. The molecule has 0 bridgehead atoms. The highest BCUT2D eigenvalue weighted by molar-refractivity contribution is 8.15. The zero-order valence-electron chi connectivity index (χ0n) is 13.9. The summed E-state index contributed by atoms with van der Waals surface area (Å²) >= 11 is 1.24. The maximum Gasteiger partial charge on any atom is 0.240 e. The van der Waals surface area contributed by atoms with Gasteiger partial charge < -0.3 is 15.4 Å². The van der Waals surface area contributed by atoms with Gasteiger partial charge in [0.05, 0.1) is 12.8 Å². The summed E-state index contributed by atoms with van der Waals surface area (Å²) in [5.74, 6) is 0.111. The van der Waals surface area contributed by atoms with Gasteiger partial charge in [0, 0.05) is 12.1 Å². The van der Waals surface area contributed by atoms with Crippen molar-refractivity contribution in [1.29, 1.82) is 0 Å². The van der Waals surface area contributed by atoms with Crippen LogP contribution in [0.3, 0.4) is 0 Å². The lowest BCUT2D eigenvalue weighted by atomic mass is 10.2. The Morgan fingerprint density at radius 2 is 2.08 bits per heavy atom. The molecule has 2 N–H and O–H groups in total. The zero-order valence-corrected chi connectivity index (χ0v) is 14.8. The van der Waals surface area contributed by atoms with E-state index in [4.69, 9.17) is 4.74 Å². The van der Waals surface area contributed by atoms with Crippen LogP contribution < -0.4 is 15.4 Å². The molecule has 1 aromatic carbocycles. The number of hydrogen-bond acceptors (Lipinski definition) is 6. The number of para-hydroxylation sites is 2. The van der Waals surface area contributed by atoms with E-state index in [2.05, 4.69) is 20.8 Å². The first-order chi connectivity index (χ1) is 12.2. The summed E-state index contributed by atoms with van der Waals surface area (Å²) in [6, 6.07) is 7.15. The third kappa shape index (κ3) is 4.60. The van der Waals surface area contributed by atoms with Crippen LogP contribution in [0.5, 0.6) is 5.75 Å². The number of carbonyl (C=O) groups excluding carboxylic acids is 2. The number of nitrogens with zero attached hydrogens (tertiary/aromatic N) is 2. The van der Waals surface area contributed by atoms with Crippen molar-refractivity contribution in [3.8, 4) is 5.75 Å². The van der Waals surface area contributed by atoms with Gasteiger partial charge in [0.15, 0.2) is 5.17 Å². The second-order valence-electron chi connectivity index (χ2n) is 5.83. The molecular formula is C17H20N4O3S. The summed E-state index contributed by atoms with van der Waals surface area (Å²) in [6.07, 6.45) is 4.30. The summed E-state index contributed by atoms with van der Waals surface area (Å²) in [6.45, 7) is 0. The first-order valence-electron chi connectivity index (χ1n) is 8.19. The summed E-state index contributed by atoms with van der Waals surface area (Å²) in [5.41, 5.74) is 1.65. The van der Waals surface area contributed by atoms with Crippen LogP contribution >= 0.6 is 11.8 Å². The van der Waals surface area contributed by atoms with E-state index in [-0.39, 0.29) is 18.2 Å². The van der Waals surface area contributed by atoms with E-state index in [1.807, 2.05) is 12.1 Å². The molecule has 1 saturated heterocycles. The van der Waals surface area contributed by atoms with Crippen LogP contribution in [0.1, 0.15) is 32.1 Å². The van der Waals surface area contributed by atoms with Crippen molar-refractivity contribution in [3.63, 3.8) is 0 Å². The molecule has 8 heteroatoms. The van der Waals surface area contributed by atoms with Gasteiger partial charge in [-0.2, -0.15) is 5.10 Å². The molecule has 0 radical (unpaired) electrons. The number of methoxy groups -OCH3 is 1. The molecule has 1 saturated carbocycles. The molecule has 7 nitrogen and oxygen atoms in total. The lowest BCUT2D eigenvalue weighted by Crippen LogP contribution is -2.28. The number of amidine groups is 1. The number of benzene rings is 1. The molecule has 3 rings (SSSR count). The van der Waals surface area contributed by atoms with Crippen LogP contribution in [0.15, 0.2) is 34.5 Å². The van der Waals surface area contributed by atoms with Crippen molar-refractivity contribution < 1.29 is 14.3 Å². The monoisotopic (exact) mass is 360 g/mol. The number of anilines is 1. The van der Waals surface area contributed by atoms with Crippen LogP contribution in [0.2, 0.25) is 0 Å². The van der Waals surface area contributed by atoms with Crippen molar-refractivity contribution >= 4 is 40.1 Å². The van der Waals surface area contributed by atoms with Crippen molar-refractivity contribution in [2.45, 2.75) is 37.4 Å². The van der Waals surface area contributed by atoms with E-state index >= 15 is 0 Å². The number of ether oxygens (including phenoxy) is 1. The molecule has 1 aliphatic heterocycles. The smallest absolute Gasteiger partial charge is 0.240 e. The number of rotatable bonds is 5. The van der Waals surface area contributed by atoms with E-state index in [9.17, 15) is 9.59 Å². The zero-order chi connectivity index (χ0) is 17.6. The Labute approximate surface area is 150 Å². The molecule has 25 heavy (non-hydrogen) atoms. The molecule has 0 unspecified atom stereocenters. The summed E-state index contributed by atoms with van der Waals surface area (Å²) in [7, 11) is 1.54. The third-order valence-electron chi connectivity index (χ3n) is 3.99. The van der Waals surface area contributed by atoms with Gasteiger partial charge >= 0.3 is 0 Å². The number of amides is 2. The third-order valence-corrected chi connectivity index (χ3v) is 5.06. The molecule has 2 amide bonds. The fourth-order valence-corrected chi connectivity index (χ4v) is 3.62. The largest absolute Gasteiger partial charge is 0.495 e. The molecule has 2 fully saturated rings. The first-order valence-corrected chi connectivity index (χ1v) is 9.07. The lowest BCUT2D eigenvalue weighted by molar-refractivity contribution is -0.122.